The summed E-state index contributed by atoms with van der Waals surface area (Å²) < 4.78 is 5.13. The lowest BCUT2D eigenvalue weighted by Crippen LogP contribution is -2.50. The molecular weight excluding hydrogens is 248 g/mol. The molecule has 19 heavy (non-hydrogen) atoms. The molecule has 2 amide bonds. The molecule has 0 heterocycles. The van der Waals surface area contributed by atoms with Gasteiger partial charge in [0, 0.05) is 19.2 Å². The number of rotatable bonds is 6. The largest absolute Gasteiger partial charge is 0.481 e. The first-order valence-corrected chi connectivity index (χ1v) is 6.98. The van der Waals surface area contributed by atoms with Gasteiger partial charge in [0.1, 0.15) is 0 Å². The average Bonchev–Trinajstić information content (AvgIpc) is 2.95. The fourth-order valence-electron chi connectivity index (χ4n) is 3.44. The molecule has 2 rings (SSSR count). The van der Waals surface area contributed by atoms with Crippen LogP contribution in [0.15, 0.2) is 0 Å². The number of nitrogens with one attached hydrogen (secondary N) is 2. The van der Waals surface area contributed by atoms with Crippen LogP contribution in [0.1, 0.15) is 26.2 Å². The molecule has 2 aliphatic carbocycles. The Balaban J connectivity index is 1.80. The van der Waals surface area contributed by atoms with Crippen LogP contribution in [0.2, 0.25) is 0 Å². The van der Waals surface area contributed by atoms with Crippen molar-refractivity contribution in [3.63, 3.8) is 0 Å². The Hall–Kier alpha value is -1.30. The molecule has 0 spiro atoms. The van der Waals surface area contributed by atoms with Gasteiger partial charge in [-0.2, -0.15) is 0 Å². The summed E-state index contributed by atoms with van der Waals surface area (Å²) in [7, 11) is 0. The number of carboxylic acid groups (broad SMARTS) is 1. The van der Waals surface area contributed by atoms with Crippen molar-refractivity contribution in [2.45, 2.75) is 32.2 Å². The minimum Gasteiger partial charge on any atom is -0.481 e. The van der Waals surface area contributed by atoms with Crippen molar-refractivity contribution < 1.29 is 19.4 Å². The van der Waals surface area contributed by atoms with Crippen molar-refractivity contribution in [3.8, 4) is 0 Å². The van der Waals surface area contributed by atoms with Crippen LogP contribution < -0.4 is 10.6 Å². The number of ether oxygens (including phenoxy) is 1. The van der Waals surface area contributed by atoms with E-state index in [0.717, 1.165) is 19.3 Å². The Labute approximate surface area is 112 Å². The van der Waals surface area contributed by atoms with Crippen LogP contribution in [0.5, 0.6) is 0 Å². The summed E-state index contributed by atoms with van der Waals surface area (Å²) in [5.41, 5.74) is 0. The fraction of sp³-hybridized carbons (Fsp3) is 0.846. The van der Waals surface area contributed by atoms with Crippen molar-refractivity contribution >= 4 is 12.0 Å². The third kappa shape index (κ3) is 3.18. The van der Waals surface area contributed by atoms with Gasteiger partial charge in [-0.25, -0.2) is 4.79 Å². The Morgan fingerprint density at radius 3 is 2.74 bits per heavy atom. The van der Waals surface area contributed by atoms with Crippen LogP contribution in [0, 0.1) is 17.8 Å². The smallest absolute Gasteiger partial charge is 0.315 e. The average molecular weight is 270 g/mol. The van der Waals surface area contributed by atoms with Gasteiger partial charge in [0.2, 0.25) is 0 Å². The highest BCUT2D eigenvalue weighted by atomic mass is 16.5. The van der Waals surface area contributed by atoms with Crippen LogP contribution in [0.3, 0.4) is 0 Å². The highest BCUT2D eigenvalue weighted by Crippen LogP contribution is 2.48. The van der Waals surface area contributed by atoms with E-state index in [0.29, 0.717) is 25.7 Å². The number of carboxylic acids is 1. The van der Waals surface area contributed by atoms with Gasteiger partial charge in [0.15, 0.2) is 0 Å². The summed E-state index contributed by atoms with van der Waals surface area (Å²) in [6.45, 7) is 3.44. The molecule has 4 atom stereocenters. The Bertz CT molecular complexity index is 348. The number of fused-ring (bicyclic) bond motifs is 2. The predicted molar refractivity (Wildman–Crippen MR) is 68.8 cm³/mol. The number of hydrogen-bond acceptors (Lipinski definition) is 3. The summed E-state index contributed by atoms with van der Waals surface area (Å²) in [4.78, 5) is 23.0. The number of hydrogen-bond donors (Lipinski definition) is 3. The molecule has 0 aromatic rings. The van der Waals surface area contributed by atoms with Crippen LogP contribution in [-0.2, 0) is 9.53 Å². The highest BCUT2D eigenvalue weighted by Gasteiger charge is 2.51. The third-order valence-electron chi connectivity index (χ3n) is 4.24. The van der Waals surface area contributed by atoms with E-state index in [1.54, 1.807) is 0 Å². The monoisotopic (exact) mass is 270 g/mol. The van der Waals surface area contributed by atoms with E-state index in [-0.39, 0.29) is 18.0 Å². The Kier molecular flexibility index (Phi) is 4.63. The zero-order valence-corrected chi connectivity index (χ0v) is 11.2. The topological polar surface area (TPSA) is 87.7 Å². The summed E-state index contributed by atoms with van der Waals surface area (Å²) in [5.74, 6) is -0.650. The van der Waals surface area contributed by atoms with Crippen molar-refractivity contribution in [2.75, 3.05) is 19.8 Å². The van der Waals surface area contributed by atoms with Crippen molar-refractivity contribution in [1.82, 2.24) is 10.6 Å². The normalized spacial score (nSPS) is 32.3. The van der Waals surface area contributed by atoms with E-state index in [9.17, 15) is 14.7 Å². The van der Waals surface area contributed by atoms with Gasteiger partial charge in [-0.15, -0.1) is 0 Å². The zero-order valence-electron chi connectivity index (χ0n) is 11.2. The van der Waals surface area contributed by atoms with E-state index < -0.39 is 11.9 Å². The van der Waals surface area contributed by atoms with E-state index in [4.69, 9.17) is 4.74 Å². The van der Waals surface area contributed by atoms with Crippen molar-refractivity contribution in [3.05, 3.63) is 0 Å². The van der Waals surface area contributed by atoms with Crippen molar-refractivity contribution in [1.29, 1.82) is 0 Å². The molecule has 4 unspecified atom stereocenters. The molecule has 3 N–H and O–H groups in total. The summed E-state index contributed by atoms with van der Waals surface area (Å²) in [5, 5.41) is 14.8. The molecule has 0 radical (unpaired) electrons. The highest BCUT2D eigenvalue weighted by molar-refractivity contribution is 5.77. The number of urea groups is 1. The maximum Gasteiger partial charge on any atom is 0.315 e. The van der Waals surface area contributed by atoms with E-state index in [1.165, 1.54) is 0 Å². The van der Waals surface area contributed by atoms with Gasteiger partial charge in [0.05, 0.1) is 12.5 Å². The molecule has 0 aromatic heterocycles. The second kappa shape index (κ2) is 6.23. The van der Waals surface area contributed by atoms with Crippen LogP contribution in [-0.4, -0.2) is 42.9 Å². The molecule has 0 aliphatic heterocycles. The molecule has 2 bridgehead atoms. The predicted octanol–water partition coefficient (Wildman–Crippen LogP) is 0.821. The SMILES string of the molecule is CCOCCNC(=O)NC1C2CCC(C2)C1C(=O)O. The second-order valence-corrected chi connectivity index (χ2v) is 5.32. The van der Waals surface area contributed by atoms with Crippen LogP contribution in [0.4, 0.5) is 4.79 Å². The molecule has 2 saturated carbocycles. The van der Waals surface area contributed by atoms with E-state index in [1.807, 2.05) is 6.92 Å². The quantitative estimate of drug-likeness (QED) is 0.624. The molecule has 2 fully saturated rings. The lowest BCUT2D eigenvalue weighted by molar-refractivity contribution is -0.144. The number of amides is 2. The van der Waals surface area contributed by atoms with E-state index in [2.05, 4.69) is 10.6 Å². The first-order valence-electron chi connectivity index (χ1n) is 6.98. The van der Waals surface area contributed by atoms with Crippen molar-refractivity contribution in [2.24, 2.45) is 17.8 Å². The standard InChI is InChI=1S/C13H22N2O4/c1-2-19-6-5-14-13(18)15-11-9-4-3-8(7-9)10(11)12(16)17/h8-11H,2-7H2,1H3,(H,16,17)(H2,14,15,18). The molecule has 2 aliphatic rings. The molecule has 6 heteroatoms. The lowest BCUT2D eigenvalue weighted by Gasteiger charge is -2.28. The minimum atomic E-state index is -0.785. The van der Waals surface area contributed by atoms with Gasteiger partial charge in [-0.3, -0.25) is 4.79 Å². The number of carbonyl (C=O) groups is 2. The molecule has 0 saturated heterocycles. The third-order valence-corrected chi connectivity index (χ3v) is 4.24. The molecular formula is C13H22N2O4. The van der Waals surface area contributed by atoms with Gasteiger partial charge in [-0.1, -0.05) is 0 Å². The molecule has 108 valence electrons. The van der Waals surface area contributed by atoms with Crippen LogP contribution >= 0.6 is 0 Å². The summed E-state index contributed by atoms with van der Waals surface area (Å²) in [6, 6.07) is -0.508. The summed E-state index contributed by atoms with van der Waals surface area (Å²) in [6.07, 6.45) is 2.94. The van der Waals surface area contributed by atoms with Gasteiger partial charge >= 0.3 is 12.0 Å². The maximum absolute atomic E-state index is 11.7. The fourth-order valence-corrected chi connectivity index (χ4v) is 3.44. The molecule has 6 nitrogen and oxygen atoms in total. The van der Waals surface area contributed by atoms with Crippen LogP contribution in [0.25, 0.3) is 0 Å². The molecule has 0 aromatic carbocycles. The van der Waals surface area contributed by atoms with Gasteiger partial charge in [0.25, 0.3) is 0 Å². The maximum atomic E-state index is 11.7. The second-order valence-electron chi connectivity index (χ2n) is 5.32. The Morgan fingerprint density at radius 1 is 1.32 bits per heavy atom. The summed E-state index contributed by atoms with van der Waals surface area (Å²) >= 11 is 0. The zero-order chi connectivity index (χ0) is 13.8. The van der Waals surface area contributed by atoms with E-state index >= 15 is 0 Å². The first-order chi connectivity index (χ1) is 9.13. The minimum absolute atomic E-state index is 0.219. The number of aliphatic carboxylic acids is 1. The Morgan fingerprint density at radius 2 is 2.05 bits per heavy atom. The lowest BCUT2D eigenvalue weighted by atomic mass is 9.84. The van der Waals surface area contributed by atoms with Gasteiger partial charge < -0.3 is 20.5 Å². The number of carbonyl (C=O) groups excluding carboxylic acids is 1. The van der Waals surface area contributed by atoms with Gasteiger partial charge in [-0.05, 0) is 38.0 Å². The first kappa shape index (κ1) is 14.1.